The van der Waals surface area contributed by atoms with Crippen molar-refractivity contribution < 1.29 is 9.50 Å². The van der Waals surface area contributed by atoms with Gasteiger partial charge in [0.25, 0.3) is 0 Å². The number of rotatable bonds is 3. The molecule has 0 radical (unpaired) electrons. The molecule has 0 unspecified atom stereocenters. The Morgan fingerprint density at radius 2 is 2.23 bits per heavy atom. The van der Waals surface area contributed by atoms with Crippen LogP contribution in [0.25, 0.3) is 0 Å². The third-order valence-electron chi connectivity index (χ3n) is 1.78. The highest BCUT2D eigenvalue weighted by Gasteiger charge is 2.13. The van der Waals surface area contributed by atoms with Crippen molar-refractivity contribution in [3.05, 3.63) is 34.1 Å². The second-order valence-corrected chi connectivity index (χ2v) is 3.59. The molecule has 0 bridgehead atoms. The second kappa shape index (κ2) is 4.69. The van der Waals surface area contributed by atoms with Gasteiger partial charge in [-0.15, -0.1) is 0 Å². The van der Waals surface area contributed by atoms with Gasteiger partial charge in [0.1, 0.15) is 5.82 Å². The Hall–Kier alpha value is -0.450. The van der Waals surface area contributed by atoms with Gasteiger partial charge in [-0.25, -0.2) is 4.39 Å². The predicted molar refractivity (Wildman–Crippen MR) is 52.7 cm³/mol. The van der Waals surface area contributed by atoms with E-state index in [-0.39, 0.29) is 0 Å². The van der Waals surface area contributed by atoms with Crippen LogP contribution in [0.3, 0.4) is 0 Å². The van der Waals surface area contributed by atoms with Crippen LogP contribution in [0.4, 0.5) is 4.39 Å². The van der Waals surface area contributed by atoms with E-state index in [2.05, 4.69) is 15.9 Å². The summed E-state index contributed by atoms with van der Waals surface area (Å²) in [5.41, 5.74) is 5.55. The van der Waals surface area contributed by atoms with Gasteiger partial charge in [-0.1, -0.05) is 12.1 Å². The maximum atomic E-state index is 13.3. The molecule has 1 aromatic carbocycles. The molecule has 0 saturated carbocycles. The molecule has 0 amide bonds. The SMILES string of the molecule is NCC[C@H](O)c1cccc(Br)c1F. The van der Waals surface area contributed by atoms with Crippen LogP contribution in [0, 0.1) is 5.82 Å². The standard InChI is InChI=1S/C9H11BrFNO/c10-7-3-1-2-6(9(7)11)8(13)4-5-12/h1-3,8,13H,4-5,12H2/t8-/m0/s1. The third-order valence-corrected chi connectivity index (χ3v) is 2.39. The summed E-state index contributed by atoms with van der Waals surface area (Å²) in [4.78, 5) is 0. The zero-order valence-corrected chi connectivity index (χ0v) is 8.59. The monoisotopic (exact) mass is 247 g/mol. The Balaban J connectivity index is 2.93. The Kier molecular flexibility index (Phi) is 3.84. The molecule has 0 aromatic heterocycles. The predicted octanol–water partition coefficient (Wildman–Crippen LogP) is 1.97. The smallest absolute Gasteiger partial charge is 0.143 e. The highest BCUT2D eigenvalue weighted by molar-refractivity contribution is 9.10. The zero-order chi connectivity index (χ0) is 9.84. The fourth-order valence-corrected chi connectivity index (χ4v) is 1.47. The van der Waals surface area contributed by atoms with Gasteiger partial charge in [0, 0.05) is 5.56 Å². The van der Waals surface area contributed by atoms with Crippen LogP contribution in [0.15, 0.2) is 22.7 Å². The van der Waals surface area contributed by atoms with E-state index in [1.807, 2.05) is 0 Å². The lowest BCUT2D eigenvalue weighted by Gasteiger charge is -2.10. The summed E-state index contributed by atoms with van der Waals surface area (Å²) in [6.45, 7) is 0.340. The molecule has 4 heteroatoms. The minimum Gasteiger partial charge on any atom is -0.388 e. The summed E-state index contributed by atoms with van der Waals surface area (Å²) < 4.78 is 13.7. The minimum atomic E-state index is -0.817. The van der Waals surface area contributed by atoms with Crippen LogP contribution >= 0.6 is 15.9 Å². The van der Waals surface area contributed by atoms with E-state index in [4.69, 9.17) is 5.73 Å². The van der Waals surface area contributed by atoms with Gasteiger partial charge in [0.15, 0.2) is 0 Å². The highest BCUT2D eigenvalue weighted by atomic mass is 79.9. The Morgan fingerprint density at radius 1 is 1.54 bits per heavy atom. The van der Waals surface area contributed by atoms with Crippen LogP contribution in [0.2, 0.25) is 0 Å². The maximum absolute atomic E-state index is 13.3. The summed E-state index contributed by atoms with van der Waals surface area (Å²) in [7, 11) is 0. The molecule has 1 atom stereocenters. The molecular weight excluding hydrogens is 237 g/mol. The average molecular weight is 248 g/mol. The first-order valence-electron chi connectivity index (χ1n) is 3.99. The van der Waals surface area contributed by atoms with E-state index in [1.165, 1.54) is 0 Å². The number of hydrogen-bond donors (Lipinski definition) is 2. The van der Waals surface area contributed by atoms with E-state index in [9.17, 15) is 9.50 Å². The van der Waals surface area contributed by atoms with Crippen molar-refractivity contribution in [1.29, 1.82) is 0 Å². The number of aliphatic hydroxyl groups is 1. The number of halogens is 2. The van der Waals surface area contributed by atoms with Crippen molar-refractivity contribution in [3.63, 3.8) is 0 Å². The van der Waals surface area contributed by atoms with Crippen LogP contribution in [0.1, 0.15) is 18.1 Å². The number of benzene rings is 1. The van der Waals surface area contributed by atoms with Gasteiger partial charge >= 0.3 is 0 Å². The van der Waals surface area contributed by atoms with Gasteiger partial charge in [-0.05, 0) is 35.0 Å². The number of aliphatic hydroxyl groups excluding tert-OH is 1. The fourth-order valence-electron chi connectivity index (χ4n) is 1.09. The Bertz CT molecular complexity index is 293. The van der Waals surface area contributed by atoms with Gasteiger partial charge in [0.05, 0.1) is 10.6 Å². The van der Waals surface area contributed by atoms with E-state index in [0.29, 0.717) is 23.0 Å². The Morgan fingerprint density at radius 3 is 2.85 bits per heavy atom. The lowest BCUT2D eigenvalue weighted by atomic mass is 10.1. The van der Waals surface area contributed by atoms with Gasteiger partial charge < -0.3 is 10.8 Å². The van der Waals surface area contributed by atoms with Crippen molar-refractivity contribution >= 4 is 15.9 Å². The van der Waals surface area contributed by atoms with E-state index >= 15 is 0 Å². The molecule has 1 aromatic rings. The van der Waals surface area contributed by atoms with Crippen LogP contribution < -0.4 is 5.73 Å². The van der Waals surface area contributed by atoms with E-state index in [1.54, 1.807) is 18.2 Å². The Labute approximate surface area is 84.7 Å². The summed E-state index contributed by atoms with van der Waals surface area (Å²) in [5, 5.41) is 9.48. The first-order valence-corrected chi connectivity index (χ1v) is 4.78. The van der Waals surface area contributed by atoms with Crippen molar-refractivity contribution in [3.8, 4) is 0 Å². The second-order valence-electron chi connectivity index (χ2n) is 2.74. The maximum Gasteiger partial charge on any atom is 0.143 e. The minimum absolute atomic E-state index is 0.292. The van der Waals surface area contributed by atoms with Crippen molar-refractivity contribution in [2.75, 3.05) is 6.54 Å². The molecule has 0 spiro atoms. The number of hydrogen-bond acceptors (Lipinski definition) is 2. The molecule has 1 rings (SSSR count). The molecule has 0 saturated heterocycles. The van der Waals surface area contributed by atoms with Gasteiger partial charge in [0.2, 0.25) is 0 Å². The van der Waals surface area contributed by atoms with Gasteiger partial charge in [-0.3, -0.25) is 0 Å². The highest BCUT2D eigenvalue weighted by Crippen LogP contribution is 2.24. The first-order chi connectivity index (χ1) is 6.16. The molecule has 0 heterocycles. The fraction of sp³-hybridized carbons (Fsp3) is 0.333. The summed E-state index contributed by atoms with van der Waals surface area (Å²) in [5.74, 6) is -0.413. The lowest BCUT2D eigenvalue weighted by Crippen LogP contribution is -2.08. The van der Waals surface area contributed by atoms with Crippen molar-refractivity contribution in [1.82, 2.24) is 0 Å². The van der Waals surface area contributed by atoms with Crippen LogP contribution in [-0.4, -0.2) is 11.7 Å². The molecular formula is C9H11BrFNO. The largest absolute Gasteiger partial charge is 0.388 e. The molecule has 0 aliphatic heterocycles. The molecule has 13 heavy (non-hydrogen) atoms. The quantitative estimate of drug-likeness (QED) is 0.858. The molecule has 0 aliphatic carbocycles. The van der Waals surface area contributed by atoms with Crippen molar-refractivity contribution in [2.24, 2.45) is 5.73 Å². The molecule has 72 valence electrons. The third kappa shape index (κ3) is 2.49. The average Bonchev–Trinajstić information content (AvgIpc) is 2.10. The molecule has 2 nitrogen and oxygen atoms in total. The van der Waals surface area contributed by atoms with Crippen LogP contribution in [0.5, 0.6) is 0 Å². The molecule has 0 aliphatic rings. The van der Waals surface area contributed by atoms with E-state index < -0.39 is 11.9 Å². The lowest BCUT2D eigenvalue weighted by molar-refractivity contribution is 0.165. The zero-order valence-electron chi connectivity index (χ0n) is 7.00. The number of nitrogens with two attached hydrogens (primary N) is 1. The van der Waals surface area contributed by atoms with Crippen molar-refractivity contribution in [2.45, 2.75) is 12.5 Å². The molecule has 0 fully saturated rings. The summed E-state index contributed by atoms with van der Waals surface area (Å²) in [6, 6.07) is 4.83. The van der Waals surface area contributed by atoms with Crippen LogP contribution in [-0.2, 0) is 0 Å². The van der Waals surface area contributed by atoms with E-state index in [0.717, 1.165) is 0 Å². The first kappa shape index (κ1) is 10.6. The molecule has 3 N–H and O–H groups in total. The summed E-state index contributed by atoms with van der Waals surface area (Å²) >= 11 is 3.05. The van der Waals surface area contributed by atoms with Gasteiger partial charge in [-0.2, -0.15) is 0 Å². The topological polar surface area (TPSA) is 46.2 Å². The summed E-state index contributed by atoms with van der Waals surface area (Å²) in [6.07, 6.45) is -0.449. The normalized spacial score (nSPS) is 12.9.